The molecule has 2 amide bonds. The van der Waals surface area contributed by atoms with Gasteiger partial charge in [0, 0.05) is 24.4 Å². The number of rotatable bonds is 7. The first-order chi connectivity index (χ1) is 16.6. The van der Waals surface area contributed by atoms with Gasteiger partial charge >= 0.3 is 0 Å². The van der Waals surface area contributed by atoms with Gasteiger partial charge in [-0.1, -0.05) is 38.3 Å². The van der Waals surface area contributed by atoms with E-state index in [2.05, 4.69) is 11.6 Å². The number of hydrogen-bond donors (Lipinski definition) is 1. The van der Waals surface area contributed by atoms with Gasteiger partial charge in [0.15, 0.2) is 0 Å². The fraction of sp³-hybridized carbons (Fsp3) is 0.333. The maximum atomic E-state index is 12.9. The SMILES string of the molecule is CC1(CN2C(=O)SC(=Cc3ccc(NS(=O)(=O)c4ccc([N+](=O)[O-])cc4)cc3)C2=O)CCCCC1. The average molecular weight is 516 g/mol. The number of nitrogens with one attached hydrogen (secondary N) is 1. The van der Waals surface area contributed by atoms with Crippen molar-refractivity contribution in [3.05, 3.63) is 69.1 Å². The van der Waals surface area contributed by atoms with Crippen LogP contribution in [0.1, 0.15) is 44.6 Å². The lowest BCUT2D eigenvalue weighted by molar-refractivity contribution is -0.384. The number of nitro benzene ring substituents is 1. The Bertz CT molecular complexity index is 1280. The van der Waals surface area contributed by atoms with E-state index < -0.39 is 14.9 Å². The first-order valence-corrected chi connectivity index (χ1v) is 13.5. The minimum Gasteiger partial charge on any atom is -0.280 e. The monoisotopic (exact) mass is 515 g/mol. The molecule has 2 aliphatic rings. The number of non-ortho nitro benzene ring substituents is 1. The quantitative estimate of drug-likeness (QED) is 0.297. The van der Waals surface area contributed by atoms with Gasteiger partial charge in [0.25, 0.3) is 26.9 Å². The molecule has 1 N–H and O–H groups in total. The summed E-state index contributed by atoms with van der Waals surface area (Å²) in [4.78, 5) is 37.2. The van der Waals surface area contributed by atoms with Gasteiger partial charge in [-0.05, 0) is 65.9 Å². The van der Waals surface area contributed by atoms with Crippen molar-refractivity contribution in [3.63, 3.8) is 0 Å². The number of carbonyl (C=O) groups excluding carboxylic acids is 2. The van der Waals surface area contributed by atoms with Crippen molar-refractivity contribution >= 4 is 50.4 Å². The number of benzene rings is 2. The second-order valence-corrected chi connectivity index (χ2v) is 11.8. The summed E-state index contributed by atoms with van der Waals surface area (Å²) >= 11 is 0.918. The molecule has 1 aliphatic carbocycles. The molecule has 2 fully saturated rings. The maximum Gasteiger partial charge on any atom is 0.293 e. The summed E-state index contributed by atoms with van der Waals surface area (Å²) in [5.41, 5.74) is 0.698. The Kier molecular flexibility index (Phi) is 7.00. The predicted molar refractivity (Wildman–Crippen MR) is 134 cm³/mol. The number of anilines is 1. The van der Waals surface area contributed by atoms with E-state index in [4.69, 9.17) is 0 Å². The molecule has 11 heteroatoms. The number of nitrogens with zero attached hydrogens (tertiary/aromatic N) is 2. The third-order valence-corrected chi connectivity index (χ3v) is 8.60. The highest BCUT2D eigenvalue weighted by molar-refractivity contribution is 8.18. The van der Waals surface area contributed by atoms with Crippen LogP contribution in [0.2, 0.25) is 0 Å². The third kappa shape index (κ3) is 5.73. The second-order valence-electron chi connectivity index (χ2n) is 9.12. The molecule has 1 heterocycles. The van der Waals surface area contributed by atoms with Crippen LogP contribution < -0.4 is 4.72 Å². The highest BCUT2D eigenvalue weighted by Crippen LogP contribution is 2.40. The number of carbonyl (C=O) groups is 2. The van der Waals surface area contributed by atoms with Crippen molar-refractivity contribution in [2.75, 3.05) is 11.3 Å². The summed E-state index contributed by atoms with van der Waals surface area (Å²) in [6.07, 6.45) is 7.06. The molecule has 2 aromatic rings. The van der Waals surface area contributed by atoms with Gasteiger partial charge in [-0.15, -0.1) is 0 Å². The largest absolute Gasteiger partial charge is 0.293 e. The molecule has 1 saturated heterocycles. The van der Waals surface area contributed by atoms with E-state index in [9.17, 15) is 28.1 Å². The van der Waals surface area contributed by atoms with E-state index in [0.29, 0.717) is 22.7 Å². The molecule has 35 heavy (non-hydrogen) atoms. The molecular formula is C24H25N3O6S2. The molecule has 184 valence electrons. The van der Waals surface area contributed by atoms with Gasteiger partial charge in [0.1, 0.15) is 0 Å². The summed E-state index contributed by atoms with van der Waals surface area (Å²) in [5, 5.41) is 10.5. The number of imide groups is 1. The van der Waals surface area contributed by atoms with Gasteiger partial charge in [0.2, 0.25) is 0 Å². The highest BCUT2D eigenvalue weighted by atomic mass is 32.2. The van der Waals surface area contributed by atoms with Crippen LogP contribution in [0.15, 0.2) is 58.3 Å². The van der Waals surface area contributed by atoms with Crippen molar-refractivity contribution in [3.8, 4) is 0 Å². The number of nitro groups is 1. The normalized spacial score (nSPS) is 19.2. The maximum absolute atomic E-state index is 12.9. The van der Waals surface area contributed by atoms with E-state index in [1.807, 2.05) is 0 Å². The summed E-state index contributed by atoms with van der Waals surface area (Å²) < 4.78 is 27.6. The van der Waals surface area contributed by atoms with Crippen LogP contribution in [0.5, 0.6) is 0 Å². The molecule has 0 aromatic heterocycles. The summed E-state index contributed by atoms with van der Waals surface area (Å²) in [6.45, 7) is 2.56. The summed E-state index contributed by atoms with van der Waals surface area (Å²) in [6, 6.07) is 11.0. The van der Waals surface area contributed by atoms with E-state index in [0.717, 1.165) is 49.6 Å². The van der Waals surface area contributed by atoms with Crippen LogP contribution in [0.25, 0.3) is 6.08 Å². The molecule has 0 bridgehead atoms. The Hall–Kier alpha value is -3.18. The minimum absolute atomic E-state index is 0.0396. The van der Waals surface area contributed by atoms with Crippen molar-refractivity contribution in [1.82, 2.24) is 4.90 Å². The van der Waals surface area contributed by atoms with Crippen LogP contribution in [-0.4, -0.2) is 35.9 Å². The van der Waals surface area contributed by atoms with E-state index in [-0.39, 0.29) is 27.1 Å². The fourth-order valence-electron chi connectivity index (χ4n) is 4.34. The highest BCUT2D eigenvalue weighted by Gasteiger charge is 2.40. The van der Waals surface area contributed by atoms with Gasteiger partial charge in [-0.3, -0.25) is 29.3 Å². The Labute approximate surface area is 207 Å². The Morgan fingerprint density at radius 1 is 1.06 bits per heavy atom. The Balaban J connectivity index is 1.44. The first kappa shape index (κ1) is 24.9. The second kappa shape index (κ2) is 9.82. The summed E-state index contributed by atoms with van der Waals surface area (Å²) in [5.74, 6) is -0.297. The Morgan fingerprint density at radius 2 is 1.69 bits per heavy atom. The molecular weight excluding hydrogens is 490 g/mol. The van der Waals surface area contributed by atoms with E-state index in [1.54, 1.807) is 30.3 Å². The van der Waals surface area contributed by atoms with Crippen LogP contribution in [-0.2, 0) is 14.8 Å². The van der Waals surface area contributed by atoms with Gasteiger partial charge in [-0.2, -0.15) is 0 Å². The lowest BCUT2D eigenvalue weighted by atomic mass is 9.75. The van der Waals surface area contributed by atoms with Gasteiger partial charge in [0.05, 0.1) is 14.7 Å². The lowest BCUT2D eigenvalue weighted by Gasteiger charge is -2.35. The third-order valence-electron chi connectivity index (χ3n) is 6.29. The molecule has 1 aliphatic heterocycles. The molecule has 0 radical (unpaired) electrons. The minimum atomic E-state index is -3.93. The van der Waals surface area contributed by atoms with Gasteiger partial charge in [-0.25, -0.2) is 8.42 Å². The van der Waals surface area contributed by atoms with Crippen molar-refractivity contribution < 1.29 is 22.9 Å². The zero-order chi connectivity index (χ0) is 25.2. The fourth-order valence-corrected chi connectivity index (χ4v) is 6.24. The standard InChI is InChI=1S/C24H25N3O6S2/c1-24(13-3-2-4-14-24)16-26-22(28)21(34-23(26)29)15-17-5-7-18(8-6-17)25-35(32,33)20-11-9-19(10-12-20)27(30)31/h5-12,15,25H,2-4,13-14,16H2,1H3. The molecule has 1 saturated carbocycles. The molecule has 4 rings (SSSR count). The van der Waals surface area contributed by atoms with E-state index in [1.165, 1.54) is 23.5 Å². The smallest absolute Gasteiger partial charge is 0.280 e. The van der Waals surface area contributed by atoms with Crippen LogP contribution >= 0.6 is 11.8 Å². The summed E-state index contributed by atoms with van der Waals surface area (Å²) in [7, 11) is -3.93. The number of amides is 2. The van der Waals surface area contributed by atoms with Crippen molar-refractivity contribution in [2.45, 2.75) is 43.9 Å². The van der Waals surface area contributed by atoms with Gasteiger partial charge < -0.3 is 0 Å². The molecule has 0 spiro atoms. The van der Waals surface area contributed by atoms with Crippen molar-refractivity contribution in [2.24, 2.45) is 5.41 Å². The topological polar surface area (TPSA) is 127 Å². The molecule has 0 atom stereocenters. The number of hydrogen-bond acceptors (Lipinski definition) is 7. The van der Waals surface area contributed by atoms with Crippen LogP contribution in [0, 0.1) is 15.5 Å². The van der Waals surface area contributed by atoms with Crippen LogP contribution in [0.3, 0.4) is 0 Å². The van der Waals surface area contributed by atoms with E-state index >= 15 is 0 Å². The van der Waals surface area contributed by atoms with Crippen molar-refractivity contribution in [1.29, 1.82) is 0 Å². The molecule has 0 unspecified atom stereocenters. The lowest BCUT2D eigenvalue weighted by Crippen LogP contribution is -2.39. The average Bonchev–Trinajstić information content (AvgIpc) is 3.07. The zero-order valence-electron chi connectivity index (χ0n) is 19.1. The number of thioether (sulfide) groups is 1. The zero-order valence-corrected chi connectivity index (χ0v) is 20.7. The Morgan fingerprint density at radius 3 is 2.29 bits per heavy atom. The predicted octanol–water partition coefficient (Wildman–Crippen LogP) is 5.40. The first-order valence-electron chi connectivity index (χ1n) is 11.2. The number of sulfonamides is 1. The molecule has 9 nitrogen and oxygen atoms in total. The van der Waals surface area contributed by atoms with Crippen LogP contribution in [0.4, 0.5) is 16.2 Å². The molecule has 2 aromatic carbocycles.